The van der Waals surface area contributed by atoms with E-state index in [1.807, 2.05) is 26.8 Å². The average Bonchev–Trinajstić information content (AvgIpc) is 2.87. The van der Waals surface area contributed by atoms with Crippen molar-refractivity contribution in [1.29, 1.82) is 5.26 Å². The summed E-state index contributed by atoms with van der Waals surface area (Å²) >= 11 is 0. The number of hydrogen-bond acceptors (Lipinski definition) is 6. The summed E-state index contributed by atoms with van der Waals surface area (Å²) in [5, 5.41) is 9.04. The minimum atomic E-state index is -3.61. The van der Waals surface area contributed by atoms with Crippen LogP contribution in [-0.4, -0.2) is 56.5 Å². The fourth-order valence-electron chi connectivity index (χ4n) is 3.92. The maximum Gasteiger partial charge on any atom is 0.410 e. The van der Waals surface area contributed by atoms with E-state index in [4.69, 9.17) is 14.7 Å². The largest absolute Gasteiger partial charge is 0.490 e. The van der Waals surface area contributed by atoms with Gasteiger partial charge in [-0.1, -0.05) is 12.2 Å². The topological polar surface area (TPSA) is 99.9 Å². The van der Waals surface area contributed by atoms with Gasteiger partial charge in [-0.3, -0.25) is 4.31 Å². The number of likely N-dealkylation sites (tertiary alicyclic amines) is 1. The number of carbonyl (C=O) groups is 1. The van der Waals surface area contributed by atoms with E-state index in [0.29, 0.717) is 42.9 Å². The summed E-state index contributed by atoms with van der Waals surface area (Å²) in [7, 11) is -3.61. The Balaban J connectivity index is 1.64. The summed E-state index contributed by atoms with van der Waals surface area (Å²) in [5.41, 5.74) is 0.434. The molecule has 1 amide bonds. The molecule has 0 radical (unpaired) electrons. The second-order valence-corrected chi connectivity index (χ2v) is 12.1. The molecule has 38 heavy (non-hydrogen) atoms. The minimum Gasteiger partial charge on any atom is -0.490 e. The van der Waals surface area contributed by atoms with Crippen LogP contribution in [0.15, 0.2) is 48.5 Å². The second-order valence-electron chi connectivity index (χ2n) is 9.96. The molecule has 8 nitrogen and oxygen atoms in total. The van der Waals surface area contributed by atoms with Gasteiger partial charge in [0.2, 0.25) is 10.0 Å². The SMILES string of the molecule is CCS(=O)(=O)N(CC=Cc1cc(C#N)ccc1F)c1ccc(OC2CCN(C(=O)OC(C)(C)C)CC2)cc1. The zero-order chi connectivity index (χ0) is 27.9. The number of sulfonamides is 1. The van der Waals surface area contributed by atoms with Gasteiger partial charge in [0.05, 0.1) is 29.6 Å². The Labute approximate surface area is 224 Å². The molecule has 1 fully saturated rings. The van der Waals surface area contributed by atoms with Crippen LogP contribution in [0.1, 0.15) is 51.7 Å². The number of hydrogen-bond donors (Lipinski definition) is 0. The Morgan fingerprint density at radius 1 is 1.18 bits per heavy atom. The first-order valence-corrected chi connectivity index (χ1v) is 14.1. The molecule has 0 spiro atoms. The molecule has 1 aliphatic rings. The van der Waals surface area contributed by atoms with Crippen molar-refractivity contribution >= 4 is 27.9 Å². The van der Waals surface area contributed by atoms with Crippen molar-refractivity contribution in [2.75, 3.05) is 29.7 Å². The first kappa shape index (κ1) is 29.0. The molecule has 2 aromatic carbocycles. The number of amides is 1. The highest BCUT2D eigenvalue weighted by atomic mass is 32.2. The van der Waals surface area contributed by atoms with Crippen LogP contribution in [0.4, 0.5) is 14.9 Å². The third kappa shape index (κ3) is 7.96. The van der Waals surface area contributed by atoms with Crippen molar-refractivity contribution in [3.05, 3.63) is 65.5 Å². The number of carbonyl (C=O) groups excluding carboxylic acids is 1. The summed E-state index contributed by atoms with van der Waals surface area (Å²) in [6, 6.07) is 12.7. The summed E-state index contributed by atoms with van der Waals surface area (Å²) in [5.74, 6) is 0.000888. The normalized spacial score (nSPS) is 14.8. The minimum absolute atomic E-state index is 0.00424. The molecule has 10 heteroatoms. The molecule has 2 aromatic rings. The maximum atomic E-state index is 14.1. The third-order valence-electron chi connectivity index (χ3n) is 5.92. The lowest BCUT2D eigenvalue weighted by Gasteiger charge is -2.33. The van der Waals surface area contributed by atoms with Crippen molar-refractivity contribution in [2.45, 2.75) is 52.2 Å². The average molecular weight is 544 g/mol. The highest BCUT2D eigenvalue weighted by Gasteiger charge is 2.28. The molecule has 0 N–H and O–H groups in total. The number of piperidine rings is 1. The predicted octanol–water partition coefficient (Wildman–Crippen LogP) is 5.35. The molecule has 0 unspecified atom stereocenters. The van der Waals surface area contributed by atoms with Crippen LogP contribution >= 0.6 is 0 Å². The van der Waals surface area contributed by atoms with E-state index >= 15 is 0 Å². The molecule has 204 valence electrons. The van der Waals surface area contributed by atoms with Gasteiger partial charge >= 0.3 is 6.09 Å². The molecular formula is C28H34FN3O5S. The number of ether oxygens (including phenoxy) is 2. The van der Waals surface area contributed by atoms with Crippen LogP contribution in [0.3, 0.4) is 0 Å². The van der Waals surface area contributed by atoms with Gasteiger partial charge in [0.25, 0.3) is 0 Å². The smallest absolute Gasteiger partial charge is 0.410 e. The lowest BCUT2D eigenvalue weighted by Crippen LogP contribution is -2.44. The van der Waals surface area contributed by atoms with Crippen LogP contribution in [0.25, 0.3) is 6.08 Å². The molecule has 1 aliphatic heterocycles. The Kier molecular flexibility index (Phi) is 9.39. The number of rotatable bonds is 8. The molecule has 3 rings (SSSR count). The van der Waals surface area contributed by atoms with Gasteiger partial charge in [0.1, 0.15) is 23.3 Å². The Morgan fingerprint density at radius 2 is 1.84 bits per heavy atom. The van der Waals surface area contributed by atoms with Crippen molar-refractivity contribution in [2.24, 2.45) is 0 Å². The van der Waals surface area contributed by atoms with E-state index in [1.54, 1.807) is 42.2 Å². The van der Waals surface area contributed by atoms with Crippen molar-refractivity contribution in [1.82, 2.24) is 4.90 Å². The molecule has 1 heterocycles. The Morgan fingerprint density at radius 3 is 2.42 bits per heavy atom. The molecule has 1 saturated heterocycles. The Hall–Kier alpha value is -3.58. The zero-order valence-corrected chi connectivity index (χ0v) is 23.0. The van der Waals surface area contributed by atoms with Gasteiger partial charge in [0, 0.05) is 31.5 Å². The summed E-state index contributed by atoms with van der Waals surface area (Å²) < 4.78 is 52.4. The Bertz CT molecular complexity index is 1290. The highest BCUT2D eigenvalue weighted by molar-refractivity contribution is 7.92. The van der Waals surface area contributed by atoms with Gasteiger partial charge in [-0.25, -0.2) is 17.6 Å². The fourth-order valence-corrected chi connectivity index (χ4v) is 4.99. The summed E-state index contributed by atoms with van der Waals surface area (Å²) in [4.78, 5) is 13.9. The van der Waals surface area contributed by atoms with Crippen LogP contribution in [0.5, 0.6) is 5.75 Å². The van der Waals surface area contributed by atoms with Crippen molar-refractivity contribution in [3.8, 4) is 11.8 Å². The molecule has 0 aromatic heterocycles. The lowest BCUT2D eigenvalue weighted by molar-refractivity contribution is 0.0126. The third-order valence-corrected chi connectivity index (χ3v) is 7.68. The van der Waals surface area contributed by atoms with Crippen LogP contribution in [0.2, 0.25) is 0 Å². The van der Waals surface area contributed by atoms with Crippen LogP contribution in [-0.2, 0) is 14.8 Å². The summed E-state index contributed by atoms with van der Waals surface area (Å²) in [6.07, 6.45) is 3.94. The van der Waals surface area contributed by atoms with E-state index in [-0.39, 0.29) is 30.1 Å². The zero-order valence-electron chi connectivity index (χ0n) is 22.2. The molecule has 0 saturated carbocycles. The fraction of sp³-hybridized carbons (Fsp3) is 0.429. The molecular weight excluding hydrogens is 509 g/mol. The van der Waals surface area contributed by atoms with Gasteiger partial charge in [-0.15, -0.1) is 0 Å². The molecule has 0 atom stereocenters. The standard InChI is InChI=1S/C28H34FN3O5S/c1-5-38(34,35)32(16-6-7-22-19-21(20-30)8-13-26(22)29)23-9-11-24(12-10-23)36-25-14-17-31(18-15-25)27(33)37-28(2,3)4/h6-13,19,25H,5,14-18H2,1-4H3. The number of anilines is 1. The first-order chi connectivity index (χ1) is 17.9. The number of nitrogens with zero attached hydrogens (tertiary/aromatic N) is 3. The molecule has 0 aliphatic carbocycles. The van der Waals surface area contributed by atoms with Crippen LogP contribution in [0, 0.1) is 17.1 Å². The van der Waals surface area contributed by atoms with Crippen molar-refractivity contribution < 1.29 is 27.1 Å². The number of nitriles is 1. The van der Waals surface area contributed by atoms with E-state index in [2.05, 4.69) is 0 Å². The number of halogens is 1. The maximum absolute atomic E-state index is 14.1. The van der Waals surface area contributed by atoms with Gasteiger partial charge in [0.15, 0.2) is 0 Å². The monoisotopic (exact) mass is 543 g/mol. The van der Waals surface area contributed by atoms with Crippen LogP contribution < -0.4 is 9.04 Å². The van der Waals surface area contributed by atoms with E-state index < -0.39 is 21.4 Å². The quantitative estimate of drug-likeness (QED) is 0.445. The van der Waals surface area contributed by atoms with E-state index in [1.165, 1.54) is 28.6 Å². The van der Waals surface area contributed by atoms with Gasteiger partial charge < -0.3 is 14.4 Å². The van der Waals surface area contributed by atoms with E-state index in [0.717, 1.165) is 0 Å². The highest BCUT2D eigenvalue weighted by Crippen LogP contribution is 2.25. The van der Waals surface area contributed by atoms with Gasteiger partial charge in [-0.2, -0.15) is 5.26 Å². The lowest BCUT2D eigenvalue weighted by atomic mass is 10.1. The van der Waals surface area contributed by atoms with Crippen molar-refractivity contribution in [3.63, 3.8) is 0 Å². The van der Waals surface area contributed by atoms with Gasteiger partial charge in [-0.05, 0) is 70.2 Å². The van der Waals surface area contributed by atoms with E-state index in [9.17, 15) is 17.6 Å². The second kappa shape index (κ2) is 12.3. The predicted molar refractivity (Wildman–Crippen MR) is 145 cm³/mol. The first-order valence-electron chi connectivity index (χ1n) is 12.5. The number of benzene rings is 2. The molecule has 0 bridgehead atoms. The summed E-state index contributed by atoms with van der Waals surface area (Å²) in [6.45, 7) is 8.12.